The van der Waals surface area contributed by atoms with Crippen LogP contribution in [0.25, 0.3) is 11.2 Å². The van der Waals surface area contributed by atoms with Crippen molar-refractivity contribution in [1.29, 1.82) is 0 Å². The molecule has 0 saturated carbocycles. The molecule has 0 aliphatic rings. The number of fused-ring (bicyclic) bond motifs is 1. The third kappa shape index (κ3) is 3.01. The first kappa shape index (κ1) is 18.9. The molecule has 2 aromatic heterocycles. The lowest BCUT2D eigenvalue weighted by Crippen LogP contribution is -3.00. The zero-order chi connectivity index (χ0) is 15.1. The third-order valence-corrected chi connectivity index (χ3v) is 11.5. The molecule has 2 rings (SSSR count). The van der Waals surface area contributed by atoms with E-state index in [2.05, 4.69) is 68.0 Å². The van der Waals surface area contributed by atoms with Gasteiger partial charge in [-0.05, 0) is 28.2 Å². The fourth-order valence-corrected chi connectivity index (χ4v) is 10.8. The summed E-state index contributed by atoms with van der Waals surface area (Å²) in [5.41, 5.74) is 4.01. The van der Waals surface area contributed by atoms with Gasteiger partial charge in [-0.2, -0.15) is 4.98 Å². The predicted octanol–water partition coefficient (Wildman–Crippen LogP) is 1.53. The van der Waals surface area contributed by atoms with Crippen molar-refractivity contribution in [3.63, 3.8) is 0 Å². The van der Waals surface area contributed by atoms with Crippen LogP contribution < -0.4 is 29.0 Å². The second kappa shape index (κ2) is 6.96. The van der Waals surface area contributed by atoms with Gasteiger partial charge in [0.1, 0.15) is 6.20 Å². The van der Waals surface area contributed by atoms with E-state index in [1.165, 1.54) is 0 Å². The van der Waals surface area contributed by atoms with Crippen LogP contribution in [0.1, 0.15) is 41.5 Å². The normalized spacial score (nSPS) is 12.5. The van der Waals surface area contributed by atoms with Gasteiger partial charge in [0.2, 0.25) is 5.52 Å². The molecule has 0 saturated heterocycles. The lowest BCUT2D eigenvalue weighted by Gasteiger charge is -2.43. The highest BCUT2D eigenvalue weighted by Gasteiger charge is 2.46. The number of H-pyrrole nitrogens is 1. The van der Waals surface area contributed by atoms with Crippen LogP contribution in [0.4, 0.5) is 0 Å². The van der Waals surface area contributed by atoms with Crippen LogP contribution in [0.5, 0.6) is 0 Å². The van der Waals surface area contributed by atoms with Crippen molar-refractivity contribution in [2.45, 2.75) is 58.2 Å². The number of aromatic amines is 1. The fourth-order valence-electron chi connectivity index (χ4n) is 4.08. The molecule has 3 nitrogen and oxygen atoms in total. The van der Waals surface area contributed by atoms with E-state index in [4.69, 9.17) is 11.6 Å². The van der Waals surface area contributed by atoms with Crippen LogP contribution in [0.3, 0.4) is 0 Å². The molecular weight excluding hydrogens is 413 g/mol. The fraction of sp³-hybridized carbons (Fsp3) is 0.600. The molecule has 0 bridgehead atoms. The summed E-state index contributed by atoms with van der Waals surface area (Å²) in [6, 6.07) is 2.10. The summed E-state index contributed by atoms with van der Waals surface area (Å²) in [7, 11) is -1.74. The lowest BCUT2D eigenvalue weighted by molar-refractivity contribution is -0.342. The number of aromatic nitrogens is 3. The lowest BCUT2D eigenvalue weighted by atomic mass is 10.5. The Hall–Kier alpha value is -0.143. The van der Waals surface area contributed by atoms with Crippen LogP contribution >= 0.6 is 11.6 Å². The summed E-state index contributed by atoms with van der Waals surface area (Å²) >= 11 is 6.01. The zero-order valence-corrected chi connectivity index (χ0v) is 17.5. The molecule has 21 heavy (non-hydrogen) atoms. The number of hydrogen-bond donors (Lipinski definition) is 0. The van der Waals surface area contributed by atoms with Gasteiger partial charge in [0.05, 0.1) is 0 Å². The Morgan fingerprint density at radius 2 is 1.62 bits per heavy atom. The molecule has 6 heteroatoms. The molecule has 0 fully saturated rings. The summed E-state index contributed by atoms with van der Waals surface area (Å²) in [5, 5.41) is 0.584. The van der Waals surface area contributed by atoms with E-state index in [-0.39, 0.29) is 24.0 Å². The van der Waals surface area contributed by atoms with Crippen molar-refractivity contribution < 1.29 is 29.0 Å². The minimum absolute atomic E-state index is 0. The van der Waals surface area contributed by atoms with Crippen molar-refractivity contribution in [2.24, 2.45) is 0 Å². The smallest absolute Gasteiger partial charge is 0.292 e. The van der Waals surface area contributed by atoms with E-state index >= 15 is 0 Å². The number of hydrogen-bond acceptors (Lipinski definition) is 1. The molecule has 2 heterocycles. The maximum absolute atomic E-state index is 6.01. The number of halogens is 2. The van der Waals surface area contributed by atoms with Crippen molar-refractivity contribution >= 4 is 31.0 Å². The van der Waals surface area contributed by atoms with Gasteiger partial charge in [-0.25, -0.2) is 4.98 Å². The van der Waals surface area contributed by atoms with E-state index in [1.807, 2.05) is 0 Å². The molecule has 0 amide bonds. The standard InChI is InChI=1S/C15H24ClN3Si.HI/c1-10(2)20(11(3)4,12(5)6)19-8-7-13-15(19)17-9-14(16)18-13;/h7-12H,1-6H3;1H. The number of nitrogens with one attached hydrogen (secondary N) is 1. The van der Waals surface area contributed by atoms with Gasteiger partial charge in [-0.3, -0.25) is 0 Å². The van der Waals surface area contributed by atoms with E-state index in [0.29, 0.717) is 21.8 Å². The van der Waals surface area contributed by atoms with Crippen molar-refractivity contribution in [2.75, 3.05) is 0 Å². The highest BCUT2D eigenvalue weighted by Crippen LogP contribution is 2.43. The molecule has 0 radical (unpaired) electrons. The third-order valence-electron chi connectivity index (χ3n) is 4.61. The molecule has 1 N–H and O–H groups in total. The summed E-state index contributed by atoms with van der Waals surface area (Å²) in [6.07, 6.45) is 3.91. The molecule has 0 aromatic carbocycles. The van der Waals surface area contributed by atoms with Crippen LogP contribution in [-0.2, 0) is 0 Å². The van der Waals surface area contributed by atoms with Gasteiger partial charge < -0.3 is 28.2 Å². The molecule has 0 atom stereocenters. The van der Waals surface area contributed by atoms with Gasteiger partial charge in [-0.15, -0.1) is 0 Å². The van der Waals surface area contributed by atoms with Crippen LogP contribution in [0, 0.1) is 0 Å². The Morgan fingerprint density at radius 1 is 1.10 bits per heavy atom. The van der Waals surface area contributed by atoms with Gasteiger partial charge >= 0.3 is 0 Å². The first-order chi connectivity index (χ1) is 9.31. The van der Waals surface area contributed by atoms with E-state index < -0.39 is 8.24 Å². The Kier molecular flexibility index (Phi) is 6.26. The summed E-state index contributed by atoms with van der Waals surface area (Å²) in [6.45, 7) is 14.2. The van der Waals surface area contributed by atoms with Gasteiger partial charge in [0.15, 0.2) is 13.9 Å². The Labute approximate surface area is 150 Å². The Bertz CT molecular complexity index is 588. The first-order valence-corrected chi connectivity index (χ1v) is 9.92. The second-order valence-corrected chi connectivity index (χ2v) is 12.6. The number of rotatable bonds is 4. The average molecular weight is 438 g/mol. The second-order valence-electron chi connectivity index (χ2n) is 6.51. The average Bonchev–Trinajstić information content (AvgIpc) is 2.72. The van der Waals surface area contributed by atoms with Crippen molar-refractivity contribution in [1.82, 2.24) is 9.22 Å². The van der Waals surface area contributed by atoms with Gasteiger partial charge in [-0.1, -0.05) is 41.5 Å². The van der Waals surface area contributed by atoms with E-state index in [1.54, 1.807) is 6.20 Å². The molecule has 0 aliphatic carbocycles. The molecule has 0 unspecified atom stereocenters. The van der Waals surface area contributed by atoms with Gasteiger partial charge in [0, 0.05) is 12.3 Å². The topological polar surface area (TPSA) is 32.0 Å². The highest BCUT2D eigenvalue weighted by molar-refractivity contribution is 6.82. The summed E-state index contributed by atoms with van der Waals surface area (Å²) < 4.78 is 2.48. The molecule has 118 valence electrons. The quantitative estimate of drug-likeness (QED) is 0.527. The van der Waals surface area contributed by atoms with E-state index in [0.717, 1.165) is 11.2 Å². The Balaban J connectivity index is 0.00000220. The zero-order valence-electron chi connectivity index (χ0n) is 13.6. The van der Waals surface area contributed by atoms with Crippen molar-refractivity contribution in [3.05, 3.63) is 23.6 Å². The minimum atomic E-state index is -1.74. The van der Waals surface area contributed by atoms with Crippen molar-refractivity contribution in [3.8, 4) is 0 Å². The monoisotopic (exact) mass is 437 g/mol. The van der Waals surface area contributed by atoms with Gasteiger partial charge in [0.25, 0.3) is 5.15 Å². The maximum Gasteiger partial charge on any atom is 0.292 e. The molecule has 0 aliphatic heterocycles. The first-order valence-electron chi connectivity index (χ1n) is 7.37. The molecular formula is C15H25ClIN3Si. The number of nitrogens with zero attached hydrogens (tertiary/aromatic N) is 2. The van der Waals surface area contributed by atoms with Crippen LogP contribution in [0.15, 0.2) is 18.5 Å². The minimum Gasteiger partial charge on any atom is -1.00 e. The largest absolute Gasteiger partial charge is 1.00 e. The highest BCUT2D eigenvalue weighted by atomic mass is 127. The maximum atomic E-state index is 6.01. The van der Waals surface area contributed by atoms with E-state index in [9.17, 15) is 0 Å². The predicted molar refractivity (Wildman–Crippen MR) is 87.7 cm³/mol. The summed E-state index contributed by atoms with van der Waals surface area (Å²) in [4.78, 5) is 7.79. The molecule has 0 spiro atoms. The Morgan fingerprint density at radius 3 is 2.10 bits per heavy atom. The molecule has 2 aromatic rings. The van der Waals surface area contributed by atoms with Crippen LogP contribution in [-0.4, -0.2) is 17.5 Å². The summed E-state index contributed by atoms with van der Waals surface area (Å²) in [5.74, 6) is 0. The SMILES string of the molecule is CC(C)[Si](C(C)C)(C(C)C)n1ccc2[nH+]c(Cl)cnc21.[I-]. The van der Waals surface area contributed by atoms with Crippen LogP contribution in [0.2, 0.25) is 21.8 Å².